The molecular formula is C21H18N6O2. The van der Waals surface area contributed by atoms with Gasteiger partial charge >= 0.3 is 0 Å². The first kappa shape index (κ1) is 18.3. The van der Waals surface area contributed by atoms with Gasteiger partial charge in [0, 0.05) is 37.6 Å². The maximum atomic E-state index is 13.3. The van der Waals surface area contributed by atoms with Gasteiger partial charge in [-0.15, -0.1) is 5.10 Å². The fourth-order valence-corrected chi connectivity index (χ4v) is 2.87. The molecule has 0 N–H and O–H groups in total. The van der Waals surface area contributed by atoms with Crippen LogP contribution in [0.25, 0.3) is 23.2 Å². The fourth-order valence-electron chi connectivity index (χ4n) is 2.87. The molecule has 0 aliphatic rings. The van der Waals surface area contributed by atoms with Crippen LogP contribution in [0.15, 0.2) is 77.7 Å². The number of amides is 1. The lowest BCUT2D eigenvalue weighted by atomic mass is 10.2. The molecule has 0 saturated heterocycles. The average molecular weight is 386 g/mol. The summed E-state index contributed by atoms with van der Waals surface area (Å²) in [5, 5.41) is 12.0. The number of carbonyl (C=O) groups excluding carboxylic acids is 1. The van der Waals surface area contributed by atoms with Crippen molar-refractivity contribution in [2.75, 3.05) is 7.05 Å². The van der Waals surface area contributed by atoms with Gasteiger partial charge in [0.05, 0.1) is 6.26 Å². The Labute approximate surface area is 167 Å². The molecule has 144 valence electrons. The summed E-state index contributed by atoms with van der Waals surface area (Å²) in [7, 11) is 1.72. The van der Waals surface area contributed by atoms with Gasteiger partial charge in [-0.1, -0.05) is 36.4 Å². The molecule has 0 radical (unpaired) electrons. The molecular weight excluding hydrogens is 368 g/mol. The molecule has 0 atom stereocenters. The average Bonchev–Trinajstić information content (AvgIpc) is 3.45. The number of benzene rings is 1. The molecule has 0 unspecified atom stereocenters. The normalized spacial score (nSPS) is 11.4. The van der Waals surface area contributed by atoms with Crippen LogP contribution in [0.5, 0.6) is 0 Å². The molecule has 0 aliphatic heterocycles. The second-order valence-corrected chi connectivity index (χ2v) is 6.35. The molecule has 1 aromatic carbocycles. The zero-order chi connectivity index (χ0) is 20.1. The molecule has 8 nitrogen and oxygen atoms in total. The lowest BCUT2D eigenvalue weighted by Gasteiger charge is -2.19. The molecule has 3 aromatic heterocycles. The number of nitrogens with zero attached hydrogens (tertiary/aromatic N) is 6. The van der Waals surface area contributed by atoms with Gasteiger partial charge in [0.25, 0.3) is 5.91 Å². The first-order valence-corrected chi connectivity index (χ1v) is 8.96. The molecule has 29 heavy (non-hydrogen) atoms. The molecule has 0 spiro atoms. The fraction of sp³-hybridized carbons (Fsp3) is 0.0952. The van der Waals surface area contributed by atoms with Crippen LogP contribution in [0.2, 0.25) is 0 Å². The van der Waals surface area contributed by atoms with E-state index >= 15 is 0 Å². The van der Waals surface area contributed by atoms with Gasteiger partial charge in [-0.2, -0.15) is 4.68 Å². The van der Waals surface area contributed by atoms with Crippen molar-refractivity contribution in [2.24, 2.45) is 0 Å². The van der Waals surface area contributed by atoms with Gasteiger partial charge in [0.2, 0.25) is 0 Å². The lowest BCUT2D eigenvalue weighted by molar-refractivity contribution is -0.124. The largest absolute Gasteiger partial charge is 0.465 e. The minimum absolute atomic E-state index is 0.255. The van der Waals surface area contributed by atoms with Gasteiger partial charge < -0.3 is 9.32 Å². The lowest BCUT2D eigenvalue weighted by Crippen LogP contribution is -2.29. The van der Waals surface area contributed by atoms with E-state index < -0.39 is 0 Å². The minimum Gasteiger partial charge on any atom is -0.465 e. The smallest absolute Gasteiger partial charge is 0.272 e. The van der Waals surface area contributed by atoms with Crippen LogP contribution in [-0.4, -0.2) is 43.0 Å². The summed E-state index contributed by atoms with van der Waals surface area (Å²) in [6.07, 6.45) is 6.60. The van der Waals surface area contributed by atoms with Crippen LogP contribution in [0.1, 0.15) is 11.3 Å². The van der Waals surface area contributed by atoms with Gasteiger partial charge in [-0.05, 0) is 34.2 Å². The Morgan fingerprint density at radius 3 is 2.72 bits per heavy atom. The monoisotopic (exact) mass is 386 g/mol. The van der Waals surface area contributed by atoms with Crippen molar-refractivity contribution in [3.63, 3.8) is 0 Å². The van der Waals surface area contributed by atoms with E-state index in [0.717, 1.165) is 11.1 Å². The Morgan fingerprint density at radius 1 is 1.14 bits per heavy atom. The zero-order valence-corrected chi connectivity index (χ0v) is 15.7. The highest BCUT2D eigenvalue weighted by Gasteiger charge is 2.22. The summed E-state index contributed by atoms with van der Waals surface area (Å²) in [6.45, 7) is 0.394. The van der Waals surface area contributed by atoms with Crippen LogP contribution in [0.4, 0.5) is 0 Å². The summed E-state index contributed by atoms with van der Waals surface area (Å²) in [5.41, 5.74) is 1.99. The van der Waals surface area contributed by atoms with Crippen LogP contribution in [0.3, 0.4) is 0 Å². The number of hydrogen-bond acceptors (Lipinski definition) is 6. The maximum Gasteiger partial charge on any atom is 0.272 e. The Kier molecular flexibility index (Phi) is 5.24. The van der Waals surface area contributed by atoms with Crippen molar-refractivity contribution in [3.05, 3.63) is 84.6 Å². The quantitative estimate of drug-likeness (QED) is 0.473. The molecule has 0 fully saturated rings. The number of pyridine rings is 1. The number of furan rings is 1. The van der Waals surface area contributed by atoms with E-state index in [0.29, 0.717) is 18.1 Å². The number of hydrogen-bond donors (Lipinski definition) is 0. The van der Waals surface area contributed by atoms with E-state index in [-0.39, 0.29) is 11.6 Å². The van der Waals surface area contributed by atoms with E-state index in [1.165, 1.54) is 4.68 Å². The third-order valence-corrected chi connectivity index (χ3v) is 4.26. The molecule has 0 aliphatic carbocycles. The first-order valence-electron chi connectivity index (χ1n) is 8.96. The van der Waals surface area contributed by atoms with Crippen LogP contribution < -0.4 is 0 Å². The maximum absolute atomic E-state index is 13.3. The Hall–Kier alpha value is -4.07. The standard InChI is InChI=1S/C21H18N6O2/c1-26(15-16-7-5-11-22-14-16)21(28)19(13-18-10-6-12-29-18)27-20(23-24-25-27)17-8-3-2-4-9-17/h2-14H,15H2,1H3/b19-13-. The zero-order valence-electron chi connectivity index (χ0n) is 15.7. The van der Waals surface area contributed by atoms with Crippen molar-refractivity contribution < 1.29 is 9.21 Å². The SMILES string of the molecule is CN(Cc1cccnc1)C(=O)/C(=C/c1ccco1)n1nnnc1-c1ccccc1. The highest BCUT2D eigenvalue weighted by atomic mass is 16.3. The number of aromatic nitrogens is 5. The van der Waals surface area contributed by atoms with Crippen LogP contribution >= 0.6 is 0 Å². The van der Waals surface area contributed by atoms with E-state index in [4.69, 9.17) is 4.42 Å². The number of rotatable bonds is 6. The third-order valence-electron chi connectivity index (χ3n) is 4.26. The molecule has 0 bridgehead atoms. The number of carbonyl (C=O) groups is 1. The van der Waals surface area contributed by atoms with Crippen molar-refractivity contribution in [2.45, 2.75) is 6.54 Å². The predicted molar refractivity (Wildman–Crippen MR) is 107 cm³/mol. The Balaban J connectivity index is 1.72. The van der Waals surface area contributed by atoms with Crippen LogP contribution in [-0.2, 0) is 11.3 Å². The van der Waals surface area contributed by atoms with Gasteiger partial charge in [0.15, 0.2) is 5.82 Å². The second-order valence-electron chi connectivity index (χ2n) is 6.35. The van der Waals surface area contributed by atoms with Gasteiger partial charge in [0.1, 0.15) is 11.5 Å². The molecule has 4 rings (SSSR count). The van der Waals surface area contributed by atoms with Crippen molar-refractivity contribution in [1.82, 2.24) is 30.1 Å². The van der Waals surface area contributed by atoms with Crippen LogP contribution in [0, 0.1) is 0 Å². The van der Waals surface area contributed by atoms with Gasteiger partial charge in [-0.3, -0.25) is 9.78 Å². The number of likely N-dealkylation sites (N-methyl/N-ethyl adjacent to an activating group) is 1. The molecule has 0 saturated carbocycles. The van der Waals surface area contributed by atoms with E-state index in [1.807, 2.05) is 42.5 Å². The first-order chi connectivity index (χ1) is 14.2. The molecule has 8 heteroatoms. The highest BCUT2D eigenvalue weighted by molar-refractivity contribution is 6.18. The summed E-state index contributed by atoms with van der Waals surface area (Å²) in [4.78, 5) is 19.0. The Morgan fingerprint density at radius 2 is 2.00 bits per heavy atom. The van der Waals surface area contributed by atoms with Crippen molar-refractivity contribution in [3.8, 4) is 11.4 Å². The van der Waals surface area contributed by atoms with E-state index in [1.54, 1.807) is 48.8 Å². The van der Waals surface area contributed by atoms with Crippen molar-refractivity contribution >= 4 is 17.7 Å². The molecule has 3 heterocycles. The summed E-state index contributed by atoms with van der Waals surface area (Å²) < 4.78 is 6.85. The summed E-state index contributed by atoms with van der Waals surface area (Å²) in [5.74, 6) is 0.735. The minimum atomic E-state index is -0.255. The molecule has 1 amide bonds. The predicted octanol–water partition coefficient (Wildman–Crippen LogP) is 2.98. The number of tetrazole rings is 1. The second kappa shape index (κ2) is 8.30. The van der Waals surface area contributed by atoms with Crippen molar-refractivity contribution in [1.29, 1.82) is 0 Å². The summed E-state index contributed by atoms with van der Waals surface area (Å²) in [6, 6.07) is 16.7. The third kappa shape index (κ3) is 4.11. The molecule has 4 aromatic rings. The summed E-state index contributed by atoms with van der Waals surface area (Å²) >= 11 is 0. The van der Waals surface area contributed by atoms with E-state index in [2.05, 4.69) is 20.5 Å². The topological polar surface area (TPSA) is 89.9 Å². The Bertz CT molecular complexity index is 1100. The van der Waals surface area contributed by atoms with E-state index in [9.17, 15) is 4.79 Å². The highest BCUT2D eigenvalue weighted by Crippen LogP contribution is 2.22. The van der Waals surface area contributed by atoms with Gasteiger partial charge in [-0.25, -0.2) is 0 Å².